The lowest BCUT2D eigenvalue weighted by molar-refractivity contribution is -0.121. The van der Waals surface area contributed by atoms with Crippen LogP contribution in [-0.4, -0.2) is 41.8 Å². The molecule has 1 heterocycles. The molecular formula is C21H18Br2N2O4S2. The van der Waals surface area contributed by atoms with Crippen LogP contribution < -0.4 is 14.8 Å². The van der Waals surface area contributed by atoms with Crippen LogP contribution in [0.3, 0.4) is 0 Å². The number of carbonyl (C=O) groups is 2. The molecule has 2 amide bonds. The SMILES string of the molecule is COc1cc(/C=C2\SC(=S)N(C)C2=O)cc(Br)c1OCC(=O)Nc1ccc(Br)c(C)c1. The van der Waals surface area contributed by atoms with Gasteiger partial charge in [0.15, 0.2) is 18.1 Å². The molecule has 0 radical (unpaired) electrons. The van der Waals surface area contributed by atoms with Gasteiger partial charge in [-0.2, -0.15) is 0 Å². The predicted octanol–water partition coefficient (Wildman–Crippen LogP) is 5.38. The first-order valence-corrected chi connectivity index (χ1v) is 11.8. The first-order valence-electron chi connectivity index (χ1n) is 8.97. The Morgan fingerprint density at radius 2 is 2.00 bits per heavy atom. The Kier molecular flexibility index (Phi) is 7.79. The molecule has 1 saturated heterocycles. The number of anilines is 1. The number of nitrogens with one attached hydrogen (secondary N) is 1. The van der Waals surface area contributed by atoms with Crippen molar-refractivity contribution in [1.29, 1.82) is 0 Å². The van der Waals surface area contributed by atoms with Crippen LogP contribution >= 0.6 is 55.8 Å². The first kappa shape index (κ1) is 23.8. The molecule has 0 bridgehead atoms. The summed E-state index contributed by atoms with van der Waals surface area (Å²) in [6.07, 6.45) is 1.74. The number of hydrogen-bond acceptors (Lipinski definition) is 6. The standard InChI is InChI=1S/C21H18Br2N2O4S2/c1-11-6-13(4-5-14(11)22)24-18(26)10-29-19-15(23)7-12(8-16(19)28-3)9-17-20(27)25(2)21(30)31-17/h4-9H,10H2,1-3H3,(H,24,26)/b17-9-. The van der Waals surface area contributed by atoms with Gasteiger partial charge in [-0.3, -0.25) is 14.5 Å². The van der Waals surface area contributed by atoms with Gasteiger partial charge in [-0.15, -0.1) is 0 Å². The number of methoxy groups -OCH3 is 1. The van der Waals surface area contributed by atoms with E-state index in [1.54, 1.807) is 31.3 Å². The Labute approximate surface area is 206 Å². The third-order valence-corrected chi connectivity index (χ3v) is 7.29. The van der Waals surface area contributed by atoms with Gasteiger partial charge in [-0.05, 0) is 70.4 Å². The minimum Gasteiger partial charge on any atom is -0.493 e. The van der Waals surface area contributed by atoms with Crippen LogP contribution in [0.5, 0.6) is 11.5 Å². The lowest BCUT2D eigenvalue weighted by Gasteiger charge is -2.14. The van der Waals surface area contributed by atoms with Crippen molar-refractivity contribution in [2.45, 2.75) is 6.92 Å². The molecule has 2 aromatic rings. The quantitative estimate of drug-likeness (QED) is 0.363. The van der Waals surface area contributed by atoms with Gasteiger partial charge in [0, 0.05) is 17.2 Å². The summed E-state index contributed by atoms with van der Waals surface area (Å²) in [5, 5.41) is 2.80. The van der Waals surface area contributed by atoms with E-state index in [1.165, 1.54) is 23.8 Å². The zero-order valence-corrected chi connectivity index (χ0v) is 21.6. The van der Waals surface area contributed by atoms with E-state index in [1.807, 2.05) is 19.1 Å². The molecule has 1 aliphatic rings. The molecule has 0 aromatic heterocycles. The van der Waals surface area contributed by atoms with Crippen LogP contribution in [0.15, 0.2) is 44.2 Å². The monoisotopic (exact) mass is 584 g/mol. The second kappa shape index (κ2) is 10.2. The normalized spacial score (nSPS) is 14.9. The number of aryl methyl sites for hydroxylation is 1. The molecular weight excluding hydrogens is 568 g/mol. The highest BCUT2D eigenvalue weighted by Crippen LogP contribution is 2.39. The molecule has 162 valence electrons. The minimum atomic E-state index is -0.300. The van der Waals surface area contributed by atoms with Crippen molar-refractivity contribution in [3.8, 4) is 11.5 Å². The number of thioether (sulfide) groups is 1. The number of thiocarbonyl (C=S) groups is 1. The Bertz CT molecular complexity index is 1110. The van der Waals surface area contributed by atoms with E-state index in [0.717, 1.165) is 15.6 Å². The Balaban J connectivity index is 1.73. The van der Waals surface area contributed by atoms with E-state index >= 15 is 0 Å². The molecule has 10 heteroatoms. The van der Waals surface area contributed by atoms with Gasteiger partial charge < -0.3 is 14.8 Å². The summed E-state index contributed by atoms with van der Waals surface area (Å²) in [6, 6.07) is 9.07. The molecule has 1 N–H and O–H groups in total. The van der Waals surface area contributed by atoms with E-state index in [4.69, 9.17) is 21.7 Å². The fraction of sp³-hybridized carbons (Fsp3) is 0.190. The van der Waals surface area contributed by atoms with Crippen LogP contribution in [0.1, 0.15) is 11.1 Å². The molecule has 31 heavy (non-hydrogen) atoms. The van der Waals surface area contributed by atoms with Crippen molar-refractivity contribution in [3.05, 3.63) is 55.3 Å². The molecule has 0 saturated carbocycles. The molecule has 3 rings (SSSR count). The van der Waals surface area contributed by atoms with E-state index in [0.29, 0.717) is 30.9 Å². The van der Waals surface area contributed by atoms with Crippen molar-refractivity contribution in [1.82, 2.24) is 4.90 Å². The summed E-state index contributed by atoms with van der Waals surface area (Å²) in [4.78, 5) is 26.5. The summed E-state index contributed by atoms with van der Waals surface area (Å²) >= 11 is 13.3. The topological polar surface area (TPSA) is 67.9 Å². The first-order chi connectivity index (χ1) is 14.7. The number of amides is 2. The zero-order valence-electron chi connectivity index (χ0n) is 16.8. The lowest BCUT2D eigenvalue weighted by atomic mass is 10.2. The van der Waals surface area contributed by atoms with Crippen molar-refractivity contribution in [3.63, 3.8) is 0 Å². The van der Waals surface area contributed by atoms with Gasteiger partial charge in [0.2, 0.25) is 0 Å². The number of likely N-dealkylation sites (N-methyl/N-ethyl adjacent to an activating group) is 1. The van der Waals surface area contributed by atoms with Crippen molar-refractivity contribution in [2.75, 3.05) is 26.1 Å². The molecule has 0 atom stereocenters. The second-order valence-electron chi connectivity index (χ2n) is 6.58. The fourth-order valence-electron chi connectivity index (χ4n) is 2.72. The van der Waals surface area contributed by atoms with Gasteiger partial charge in [-0.25, -0.2) is 0 Å². The Morgan fingerprint density at radius 3 is 2.61 bits per heavy atom. The van der Waals surface area contributed by atoms with Crippen molar-refractivity contribution >= 4 is 83.7 Å². The maximum absolute atomic E-state index is 12.3. The Hall–Kier alpha value is -1.88. The van der Waals surface area contributed by atoms with E-state index < -0.39 is 0 Å². The maximum atomic E-state index is 12.3. The van der Waals surface area contributed by atoms with Crippen LogP contribution in [0, 0.1) is 6.92 Å². The minimum absolute atomic E-state index is 0.148. The number of halogens is 2. The lowest BCUT2D eigenvalue weighted by Crippen LogP contribution is -2.22. The number of hydrogen-bond donors (Lipinski definition) is 1. The van der Waals surface area contributed by atoms with Gasteiger partial charge in [0.05, 0.1) is 16.5 Å². The third-order valence-electron chi connectivity index (χ3n) is 4.33. The second-order valence-corrected chi connectivity index (χ2v) is 9.96. The summed E-state index contributed by atoms with van der Waals surface area (Å²) < 4.78 is 13.2. The van der Waals surface area contributed by atoms with E-state index in [9.17, 15) is 9.59 Å². The molecule has 1 aliphatic heterocycles. The van der Waals surface area contributed by atoms with Crippen LogP contribution in [-0.2, 0) is 9.59 Å². The van der Waals surface area contributed by atoms with E-state index in [-0.39, 0.29) is 18.4 Å². The van der Waals surface area contributed by atoms with Gasteiger partial charge in [0.25, 0.3) is 11.8 Å². The molecule has 0 aliphatic carbocycles. The number of rotatable bonds is 6. The average molecular weight is 586 g/mol. The summed E-state index contributed by atoms with van der Waals surface area (Å²) in [5.41, 5.74) is 2.43. The van der Waals surface area contributed by atoms with Crippen LogP contribution in [0.25, 0.3) is 6.08 Å². The summed E-state index contributed by atoms with van der Waals surface area (Å²) in [5.74, 6) is 0.376. The highest BCUT2D eigenvalue weighted by Gasteiger charge is 2.28. The molecule has 6 nitrogen and oxygen atoms in total. The Morgan fingerprint density at radius 1 is 1.26 bits per heavy atom. The van der Waals surface area contributed by atoms with Gasteiger partial charge in [0.1, 0.15) is 4.32 Å². The number of carbonyl (C=O) groups excluding carboxylic acids is 2. The molecule has 0 spiro atoms. The van der Waals surface area contributed by atoms with Crippen molar-refractivity contribution < 1.29 is 19.1 Å². The highest BCUT2D eigenvalue weighted by molar-refractivity contribution is 9.10. The number of ether oxygens (including phenoxy) is 2. The fourth-order valence-corrected chi connectivity index (χ4v) is 4.72. The number of benzene rings is 2. The predicted molar refractivity (Wildman–Crippen MR) is 135 cm³/mol. The van der Waals surface area contributed by atoms with Crippen molar-refractivity contribution in [2.24, 2.45) is 0 Å². The van der Waals surface area contributed by atoms with Gasteiger partial charge >= 0.3 is 0 Å². The zero-order chi connectivity index (χ0) is 22.7. The number of nitrogens with zero attached hydrogens (tertiary/aromatic N) is 1. The average Bonchev–Trinajstić information content (AvgIpc) is 2.96. The summed E-state index contributed by atoms with van der Waals surface area (Å²) in [6.45, 7) is 1.75. The maximum Gasteiger partial charge on any atom is 0.265 e. The smallest absolute Gasteiger partial charge is 0.265 e. The highest BCUT2D eigenvalue weighted by atomic mass is 79.9. The molecule has 0 unspecified atom stereocenters. The molecule has 2 aromatic carbocycles. The van der Waals surface area contributed by atoms with Gasteiger partial charge in [-0.1, -0.05) is 39.9 Å². The molecule has 1 fully saturated rings. The van der Waals surface area contributed by atoms with Crippen LogP contribution in [0.2, 0.25) is 0 Å². The summed E-state index contributed by atoms with van der Waals surface area (Å²) in [7, 11) is 3.15. The van der Waals surface area contributed by atoms with Crippen LogP contribution in [0.4, 0.5) is 5.69 Å². The largest absolute Gasteiger partial charge is 0.493 e. The third kappa shape index (κ3) is 5.68. The van der Waals surface area contributed by atoms with E-state index in [2.05, 4.69) is 37.2 Å².